The van der Waals surface area contributed by atoms with Crippen molar-refractivity contribution in [3.05, 3.63) is 52.0 Å². The van der Waals surface area contributed by atoms with Gasteiger partial charge in [-0.15, -0.1) is 11.3 Å². The Labute approximate surface area is 140 Å². The molecule has 0 radical (unpaired) electrons. The van der Waals surface area contributed by atoms with Crippen LogP contribution in [0.15, 0.2) is 40.7 Å². The maximum Gasteiger partial charge on any atom is 0.191 e. The number of benzene rings is 1. The quantitative estimate of drug-likeness (QED) is 0.694. The molecule has 0 aliphatic carbocycles. The number of hydrogen-bond acceptors (Lipinski definition) is 3. The van der Waals surface area contributed by atoms with Crippen molar-refractivity contribution in [2.45, 2.75) is 13.5 Å². The molecule has 2 aromatic rings. The Balaban J connectivity index is 1.55. The minimum Gasteiger partial charge on any atom is -0.370 e. The lowest BCUT2D eigenvalue weighted by Gasteiger charge is -2.36. The van der Waals surface area contributed by atoms with Crippen molar-refractivity contribution < 1.29 is 4.39 Å². The van der Waals surface area contributed by atoms with Gasteiger partial charge in [0.15, 0.2) is 5.96 Å². The van der Waals surface area contributed by atoms with Gasteiger partial charge >= 0.3 is 0 Å². The number of hydrogen-bond donors (Lipinski definition) is 1. The van der Waals surface area contributed by atoms with Crippen molar-refractivity contribution in [2.75, 3.05) is 31.1 Å². The lowest BCUT2D eigenvalue weighted by molar-refractivity contribution is 0.380. The van der Waals surface area contributed by atoms with Gasteiger partial charge in [-0.2, -0.15) is 0 Å². The molecule has 0 saturated carbocycles. The molecule has 0 unspecified atom stereocenters. The zero-order valence-electron chi connectivity index (χ0n) is 13.2. The van der Waals surface area contributed by atoms with Crippen molar-refractivity contribution >= 4 is 23.0 Å². The SMILES string of the molecule is Cc1ccsc1CN=C(N)N1CCN(c2ccc(F)cc2)CC1. The number of rotatable bonds is 3. The van der Waals surface area contributed by atoms with E-state index in [-0.39, 0.29) is 5.82 Å². The van der Waals surface area contributed by atoms with Crippen LogP contribution >= 0.6 is 11.3 Å². The van der Waals surface area contributed by atoms with Crippen LogP contribution in [0.25, 0.3) is 0 Å². The summed E-state index contributed by atoms with van der Waals surface area (Å²) in [4.78, 5) is 10.1. The van der Waals surface area contributed by atoms with Gasteiger partial charge in [0.25, 0.3) is 0 Å². The van der Waals surface area contributed by atoms with Crippen LogP contribution in [0.3, 0.4) is 0 Å². The molecule has 4 nitrogen and oxygen atoms in total. The smallest absolute Gasteiger partial charge is 0.191 e. The van der Waals surface area contributed by atoms with Gasteiger partial charge in [0.1, 0.15) is 5.82 Å². The molecule has 3 rings (SSSR count). The molecule has 1 fully saturated rings. The average Bonchev–Trinajstić information content (AvgIpc) is 2.99. The third kappa shape index (κ3) is 3.82. The second-order valence-corrected chi connectivity index (χ2v) is 6.65. The molecule has 1 aliphatic rings. The number of aliphatic imine (C=N–C) groups is 1. The molecule has 0 spiro atoms. The molecular weight excluding hydrogens is 311 g/mol. The van der Waals surface area contributed by atoms with Crippen LogP contribution in [0.5, 0.6) is 0 Å². The Morgan fingerprint density at radius 3 is 2.48 bits per heavy atom. The van der Waals surface area contributed by atoms with E-state index >= 15 is 0 Å². The number of piperazine rings is 1. The zero-order chi connectivity index (χ0) is 16.2. The number of nitrogens with two attached hydrogens (primary N) is 1. The van der Waals surface area contributed by atoms with E-state index in [1.807, 2.05) is 12.1 Å². The fraction of sp³-hybridized carbons (Fsp3) is 0.353. The highest BCUT2D eigenvalue weighted by molar-refractivity contribution is 7.10. The van der Waals surface area contributed by atoms with Crippen LogP contribution < -0.4 is 10.6 Å². The average molecular weight is 332 g/mol. The molecule has 2 N–H and O–H groups in total. The fourth-order valence-electron chi connectivity index (χ4n) is 2.66. The van der Waals surface area contributed by atoms with E-state index < -0.39 is 0 Å². The number of halogens is 1. The highest BCUT2D eigenvalue weighted by Crippen LogP contribution is 2.18. The standard InChI is InChI=1S/C17H21FN4S/c1-13-6-11-23-16(13)12-20-17(19)22-9-7-21(8-10-22)15-4-2-14(18)3-5-15/h2-6,11H,7-10,12H2,1H3,(H2,19,20). The third-order valence-corrected chi connectivity index (χ3v) is 5.16. The summed E-state index contributed by atoms with van der Waals surface area (Å²) in [7, 11) is 0. The molecule has 1 aromatic carbocycles. The summed E-state index contributed by atoms with van der Waals surface area (Å²) in [5.74, 6) is 0.407. The molecule has 0 amide bonds. The first-order valence-corrected chi connectivity index (χ1v) is 8.60. The Kier molecular flexibility index (Phi) is 4.81. The van der Waals surface area contributed by atoms with Gasteiger partial charge in [-0.3, -0.25) is 0 Å². The maximum atomic E-state index is 13.0. The highest BCUT2D eigenvalue weighted by Gasteiger charge is 2.18. The minimum absolute atomic E-state index is 0.201. The van der Waals surface area contributed by atoms with Gasteiger partial charge in [0.2, 0.25) is 0 Å². The largest absolute Gasteiger partial charge is 0.370 e. The fourth-order valence-corrected chi connectivity index (χ4v) is 3.49. The monoisotopic (exact) mass is 332 g/mol. The first-order valence-electron chi connectivity index (χ1n) is 7.72. The van der Waals surface area contributed by atoms with Crippen LogP contribution in [0.1, 0.15) is 10.4 Å². The van der Waals surface area contributed by atoms with Gasteiger partial charge in [-0.1, -0.05) is 0 Å². The van der Waals surface area contributed by atoms with Crippen molar-refractivity contribution in [1.82, 2.24) is 4.90 Å². The first kappa shape index (κ1) is 15.8. The van der Waals surface area contributed by atoms with Gasteiger partial charge < -0.3 is 15.5 Å². The molecule has 2 heterocycles. The predicted molar refractivity (Wildman–Crippen MR) is 94.6 cm³/mol. The molecule has 1 saturated heterocycles. The van der Waals surface area contributed by atoms with Gasteiger partial charge in [-0.05, 0) is 48.2 Å². The van der Waals surface area contributed by atoms with Crippen molar-refractivity contribution in [3.63, 3.8) is 0 Å². The second kappa shape index (κ2) is 7.00. The van der Waals surface area contributed by atoms with E-state index in [2.05, 4.69) is 33.2 Å². The number of nitrogens with zero attached hydrogens (tertiary/aromatic N) is 3. The summed E-state index contributed by atoms with van der Waals surface area (Å²) >= 11 is 1.72. The zero-order valence-corrected chi connectivity index (χ0v) is 14.0. The maximum absolute atomic E-state index is 13.0. The predicted octanol–water partition coefficient (Wildman–Crippen LogP) is 2.83. The van der Waals surface area contributed by atoms with Crippen LogP contribution in [0.4, 0.5) is 10.1 Å². The molecule has 1 aliphatic heterocycles. The molecule has 23 heavy (non-hydrogen) atoms. The molecule has 122 valence electrons. The molecule has 0 atom stereocenters. The van der Waals surface area contributed by atoms with Crippen molar-refractivity contribution in [3.8, 4) is 0 Å². The summed E-state index contributed by atoms with van der Waals surface area (Å²) in [5, 5.41) is 2.08. The second-order valence-electron chi connectivity index (χ2n) is 5.65. The van der Waals surface area contributed by atoms with E-state index in [4.69, 9.17) is 5.73 Å². The molecule has 1 aromatic heterocycles. The summed E-state index contributed by atoms with van der Waals surface area (Å²) in [6.07, 6.45) is 0. The number of aryl methyl sites for hydroxylation is 1. The Hall–Kier alpha value is -2.08. The van der Waals surface area contributed by atoms with E-state index in [0.717, 1.165) is 31.9 Å². The van der Waals surface area contributed by atoms with Crippen molar-refractivity contribution in [1.29, 1.82) is 0 Å². The Morgan fingerprint density at radius 2 is 1.87 bits per heavy atom. The lowest BCUT2D eigenvalue weighted by atomic mass is 10.2. The van der Waals surface area contributed by atoms with Crippen LogP contribution in [-0.4, -0.2) is 37.0 Å². The van der Waals surface area contributed by atoms with E-state index in [0.29, 0.717) is 12.5 Å². The van der Waals surface area contributed by atoms with Crippen LogP contribution in [-0.2, 0) is 6.54 Å². The minimum atomic E-state index is -0.201. The van der Waals surface area contributed by atoms with Gasteiger partial charge in [-0.25, -0.2) is 9.38 Å². The van der Waals surface area contributed by atoms with Gasteiger partial charge in [0, 0.05) is 36.7 Å². The normalized spacial score (nSPS) is 16.0. The Morgan fingerprint density at radius 1 is 1.17 bits per heavy atom. The molecule has 6 heteroatoms. The van der Waals surface area contributed by atoms with Crippen LogP contribution in [0.2, 0.25) is 0 Å². The first-order chi connectivity index (χ1) is 11.1. The topological polar surface area (TPSA) is 44.9 Å². The lowest BCUT2D eigenvalue weighted by Crippen LogP contribution is -2.51. The summed E-state index contributed by atoms with van der Waals surface area (Å²) < 4.78 is 13.0. The van der Waals surface area contributed by atoms with E-state index in [9.17, 15) is 4.39 Å². The summed E-state index contributed by atoms with van der Waals surface area (Å²) in [6.45, 7) is 6.12. The number of guanidine groups is 1. The number of thiophene rings is 1. The molecular formula is C17H21FN4S. The molecule has 0 bridgehead atoms. The number of anilines is 1. The van der Waals surface area contributed by atoms with E-state index in [1.54, 1.807) is 11.3 Å². The highest BCUT2D eigenvalue weighted by atomic mass is 32.1. The summed E-state index contributed by atoms with van der Waals surface area (Å²) in [6, 6.07) is 8.75. The third-order valence-electron chi connectivity index (χ3n) is 4.15. The summed E-state index contributed by atoms with van der Waals surface area (Å²) in [5.41, 5.74) is 8.45. The van der Waals surface area contributed by atoms with Crippen molar-refractivity contribution in [2.24, 2.45) is 10.7 Å². The van der Waals surface area contributed by atoms with Gasteiger partial charge in [0.05, 0.1) is 6.54 Å². The Bertz CT molecular complexity index is 672. The van der Waals surface area contributed by atoms with Crippen LogP contribution in [0, 0.1) is 12.7 Å². The van der Waals surface area contributed by atoms with E-state index in [1.165, 1.54) is 22.6 Å².